The standard InChI is InChI=1S/C16H29N3O/c1-6-16(7-2)11-19(15(9-17-16)12(3)4)10-14-8-13(5)20-18-14/h8,12,15,17H,6-7,9-11H2,1-5H3. The molecule has 1 aromatic heterocycles. The summed E-state index contributed by atoms with van der Waals surface area (Å²) in [5, 5.41) is 7.96. The molecule has 0 amide bonds. The molecule has 1 N–H and O–H groups in total. The van der Waals surface area contributed by atoms with E-state index in [1.165, 1.54) is 12.8 Å². The number of piperazine rings is 1. The van der Waals surface area contributed by atoms with E-state index >= 15 is 0 Å². The molecule has 114 valence electrons. The second-order valence-corrected chi connectivity index (χ2v) is 6.51. The van der Waals surface area contributed by atoms with E-state index in [-0.39, 0.29) is 5.54 Å². The molecular weight excluding hydrogens is 250 g/mol. The summed E-state index contributed by atoms with van der Waals surface area (Å²) < 4.78 is 5.21. The van der Waals surface area contributed by atoms with E-state index in [0.29, 0.717) is 12.0 Å². The number of nitrogens with zero attached hydrogens (tertiary/aromatic N) is 2. The molecule has 0 radical (unpaired) electrons. The van der Waals surface area contributed by atoms with Crippen LogP contribution in [0.4, 0.5) is 0 Å². The van der Waals surface area contributed by atoms with Crippen molar-refractivity contribution < 1.29 is 4.52 Å². The molecule has 20 heavy (non-hydrogen) atoms. The highest BCUT2D eigenvalue weighted by atomic mass is 16.5. The molecule has 0 aromatic carbocycles. The third-order valence-corrected chi connectivity index (χ3v) is 4.83. The predicted molar refractivity (Wildman–Crippen MR) is 81.6 cm³/mol. The molecular formula is C16H29N3O. The third-order valence-electron chi connectivity index (χ3n) is 4.83. The Morgan fingerprint density at radius 3 is 2.65 bits per heavy atom. The van der Waals surface area contributed by atoms with Crippen LogP contribution in [0, 0.1) is 12.8 Å². The highest BCUT2D eigenvalue weighted by Gasteiger charge is 2.37. The summed E-state index contributed by atoms with van der Waals surface area (Å²) in [6, 6.07) is 2.62. The van der Waals surface area contributed by atoms with Gasteiger partial charge in [-0.3, -0.25) is 4.90 Å². The Balaban J connectivity index is 2.14. The maximum Gasteiger partial charge on any atom is 0.133 e. The Morgan fingerprint density at radius 1 is 1.45 bits per heavy atom. The van der Waals surface area contributed by atoms with Crippen LogP contribution in [-0.2, 0) is 6.54 Å². The molecule has 1 atom stereocenters. The maximum atomic E-state index is 5.21. The Morgan fingerprint density at radius 2 is 2.15 bits per heavy atom. The lowest BCUT2D eigenvalue weighted by molar-refractivity contribution is 0.0427. The first kappa shape index (κ1) is 15.5. The van der Waals surface area contributed by atoms with Crippen LogP contribution in [-0.4, -0.2) is 34.7 Å². The van der Waals surface area contributed by atoms with E-state index in [2.05, 4.69) is 49.1 Å². The molecule has 1 saturated heterocycles. The number of aromatic nitrogens is 1. The van der Waals surface area contributed by atoms with Gasteiger partial charge in [0, 0.05) is 37.3 Å². The van der Waals surface area contributed by atoms with E-state index < -0.39 is 0 Å². The van der Waals surface area contributed by atoms with Gasteiger partial charge >= 0.3 is 0 Å². The summed E-state index contributed by atoms with van der Waals surface area (Å²) in [7, 11) is 0. The van der Waals surface area contributed by atoms with Crippen molar-refractivity contribution in [2.24, 2.45) is 5.92 Å². The van der Waals surface area contributed by atoms with Gasteiger partial charge in [-0.1, -0.05) is 32.9 Å². The summed E-state index contributed by atoms with van der Waals surface area (Å²) >= 11 is 0. The SMILES string of the molecule is CCC1(CC)CN(Cc2cc(C)on2)C(C(C)C)CN1. The minimum Gasteiger partial charge on any atom is -0.361 e. The number of aryl methyl sites for hydroxylation is 1. The minimum absolute atomic E-state index is 0.254. The maximum absolute atomic E-state index is 5.21. The van der Waals surface area contributed by atoms with Gasteiger partial charge in [0.1, 0.15) is 5.76 Å². The average Bonchev–Trinajstić information content (AvgIpc) is 2.83. The molecule has 0 saturated carbocycles. The van der Waals surface area contributed by atoms with Crippen LogP contribution in [0.15, 0.2) is 10.6 Å². The van der Waals surface area contributed by atoms with Crippen LogP contribution in [0.3, 0.4) is 0 Å². The Bertz CT molecular complexity index is 423. The number of nitrogens with one attached hydrogen (secondary N) is 1. The zero-order valence-corrected chi connectivity index (χ0v) is 13.6. The number of hydrogen-bond donors (Lipinski definition) is 1. The molecule has 0 spiro atoms. The van der Waals surface area contributed by atoms with Crippen molar-refractivity contribution in [1.29, 1.82) is 0 Å². The van der Waals surface area contributed by atoms with Gasteiger partial charge < -0.3 is 9.84 Å². The molecule has 0 bridgehead atoms. The Hall–Kier alpha value is -0.870. The van der Waals surface area contributed by atoms with Crippen LogP contribution in [0.25, 0.3) is 0 Å². The van der Waals surface area contributed by atoms with Gasteiger partial charge in [0.05, 0.1) is 5.69 Å². The van der Waals surface area contributed by atoms with Gasteiger partial charge in [-0.15, -0.1) is 0 Å². The Labute approximate surface area is 122 Å². The lowest BCUT2D eigenvalue weighted by Crippen LogP contribution is -2.64. The third kappa shape index (κ3) is 3.23. The molecule has 2 rings (SSSR count). The average molecular weight is 279 g/mol. The van der Waals surface area contributed by atoms with Gasteiger partial charge in [0.25, 0.3) is 0 Å². The van der Waals surface area contributed by atoms with Crippen LogP contribution in [0.1, 0.15) is 52.0 Å². The smallest absolute Gasteiger partial charge is 0.133 e. The molecule has 1 aromatic rings. The monoisotopic (exact) mass is 279 g/mol. The van der Waals surface area contributed by atoms with Crippen LogP contribution < -0.4 is 5.32 Å². The van der Waals surface area contributed by atoms with Crippen molar-refractivity contribution in [1.82, 2.24) is 15.4 Å². The van der Waals surface area contributed by atoms with Crippen LogP contribution in [0.5, 0.6) is 0 Å². The Kier molecular flexibility index (Phi) is 4.86. The molecule has 1 aliphatic rings. The van der Waals surface area contributed by atoms with Crippen molar-refractivity contribution in [3.63, 3.8) is 0 Å². The van der Waals surface area contributed by atoms with E-state index in [0.717, 1.165) is 31.1 Å². The zero-order valence-electron chi connectivity index (χ0n) is 13.6. The van der Waals surface area contributed by atoms with Gasteiger partial charge in [0.15, 0.2) is 0 Å². The highest BCUT2D eigenvalue weighted by Crippen LogP contribution is 2.26. The van der Waals surface area contributed by atoms with Crippen LogP contribution >= 0.6 is 0 Å². The molecule has 1 fully saturated rings. The predicted octanol–water partition coefficient (Wildman–Crippen LogP) is 2.97. The van der Waals surface area contributed by atoms with Crippen molar-refractivity contribution >= 4 is 0 Å². The zero-order chi connectivity index (χ0) is 14.8. The highest BCUT2D eigenvalue weighted by molar-refractivity contribution is 5.06. The number of hydrogen-bond acceptors (Lipinski definition) is 4. The topological polar surface area (TPSA) is 41.3 Å². The largest absolute Gasteiger partial charge is 0.361 e. The first-order valence-electron chi connectivity index (χ1n) is 7.91. The quantitative estimate of drug-likeness (QED) is 0.899. The molecule has 0 aliphatic carbocycles. The normalized spacial score (nSPS) is 23.4. The van der Waals surface area contributed by atoms with Crippen molar-refractivity contribution in [2.75, 3.05) is 13.1 Å². The van der Waals surface area contributed by atoms with Gasteiger partial charge in [-0.05, 0) is 25.7 Å². The lowest BCUT2D eigenvalue weighted by Gasteiger charge is -2.48. The fourth-order valence-corrected chi connectivity index (χ4v) is 3.27. The van der Waals surface area contributed by atoms with Crippen LogP contribution in [0.2, 0.25) is 0 Å². The molecule has 1 unspecified atom stereocenters. The molecule has 4 heteroatoms. The van der Waals surface area contributed by atoms with Crippen molar-refractivity contribution in [3.05, 3.63) is 17.5 Å². The van der Waals surface area contributed by atoms with E-state index in [1.807, 2.05) is 6.92 Å². The van der Waals surface area contributed by atoms with E-state index in [4.69, 9.17) is 4.52 Å². The first-order chi connectivity index (χ1) is 9.49. The van der Waals surface area contributed by atoms with Gasteiger partial charge in [-0.2, -0.15) is 0 Å². The summed E-state index contributed by atoms with van der Waals surface area (Å²) in [6.07, 6.45) is 2.34. The fraction of sp³-hybridized carbons (Fsp3) is 0.812. The van der Waals surface area contributed by atoms with E-state index in [1.54, 1.807) is 0 Å². The fourth-order valence-electron chi connectivity index (χ4n) is 3.27. The second-order valence-electron chi connectivity index (χ2n) is 6.51. The summed E-state index contributed by atoms with van der Waals surface area (Å²) in [5.41, 5.74) is 1.31. The summed E-state index contributed by atoms with van der Waals surface area (Å²) in [6.45, 7) is 14.2. The van der Waals surface area contributed by atoms with Gasteiger partial charge in [0.2, 0.25) is 0 Å². The van der Waals surface area contributed by atoms with Crippen molar-refractivity contribution in [2.45, 2.75) is 65.6 Å². The summed E-state index contributed by atoms with van der Waals surface area (Å²) in [5.74, 6) is 1.54. The molecule has 4 nitrogen and oxygen atoms in total. The molecule has 1 aliphatic heterocycles. The van der Waals surface area contributed by atoms with Gasteiger partial charge in [-0.25, -0.2) is 0 Å². The lowest BCUT2D eigenvalue weighted by atomic mass is 9.86. The van der Waals surface area contributed by atoms with E-state index in [9.17, 15) is 0 Å². The second kappa shape index (κ2) is 6.27. The van der Waals surface area contributed by atoms with Crippen molar-refractivity contribution in [3.8, 4) is 0 Å². The minimum atomic E-state index is 0.254. The number of rotatable bonds is 5. The first-order valence-corrected chi connectivity index (χ1v) is 7.91. The summed E-state index contributed by atoms with van der Waals surface area (Å²) in [4.78, 5) is 2.59. The molecule has 2 heterocycles.